The van der Waals surface area contributed by atoms with Gasteiger partial charge in [0.25, 0.3) is 0 Å². The minimum Gasteiger partial charge on any atom is -0.489 e. The number of likely N-dealkylation sites (N-methyl/N-ethyl adjacent to an activating group) is 1. The Balaban J connectivity index is 2.40. The molecule has 0 spiro atoms. The number of nitrogens with zero attached hydrogens (tertiary/aromatic N) is 2. The van der Waals surface area contributed by atoms with Crippen LogP contribution in [0, 0.1) is 17.2 Å². The highest BCUT2D eigenvalue weighted by Crippen LogP contribution is 2.16. The maximum absolute atomic E-state index is 9.98. The Morgan fingerprint density at radius 3 is 2.70 bits per heavy atom. The Labute approximate surface area is 121 Å². The van der Waals surface area contributed by atoms with Gasteiger partial charge >= 0.3 is 0 Å². The van der Waals surface area contributed by atoms with E-state index in [1.165, 1.54) is 0 Å². The van der Waals surface area contributed by atoms with Gasteiger partial charge in [-0.1, -0.05) is 32.4 Å². The minimum atomic E-state index is -0.559. The van der Waals surface area contributed by atoms with Crippen LogP contribution in [-0.2, 0) is 0 Å². The van der Waals surface area contributed by atoms with Gasteiger partial charge in [-0.25, -0.2) is 0 Å². The van der Waals surface area contributed by atoms with Crippen molar-refractivity contribution in [3.63, 3.8) is 0 Å². The second-order valence-corrected chi connectivity index (χ2v) is 5.31. The van der Waals surface area contributed by atoms with E-state index in [0.717, 1.165) is 13.0 Å². The summed E-state index contributed by atoms with van der Waals surface area (Å²) in [6, 6.07) is 9.14. The van der Waals surface area contributed by atoms with Gasteiger partial charge < -0.3 is 14.7 Å². The van der Waals surface area contributed by atoms with Crippen LogP contribution in [0.15, 0.2) is 24.3 Å². The fourth-order valence-electron chi connectivity index (χ4n) is 2.02. The molecule has 1 aromatic rings. The van der Waals surface area contributed by atoms with Crippen molar-refractivity contribution >= 4 is 0 Å². The van der Waals surface area contributed by atoms with Crippen LogP contribution in [0.4, 0.5) is 0 Å². The quantitative estimate of drug-likeness (QED) is 0.791. The number of hydrogen-bond acceptors (Lipinski definition) is 4. The highest BCUT2D eigenvalue weighted by Gasteiger charge is 2.12. The maximum atomic E-state index is 9.98. The second-order valence-electron chi connectivity index (χ2n) is 5.31. The lowest BCUT2D eigenvalue weighted by Crippen LogP contribution is -2.35. The van der Waals surface area contributed by atoms with Crippen LogP contribution in [-0.4, -0.2) is 42.9 Å². The van der Waals surface area contributed by atoms with Crippen LogP contribution in [0.2, 0.25) is 0 Å². The molecule has 4 nitrogen and oxygen atoms in total. The van der Waals surface area contributed by atoms with E-state index >= 15 is 0 Å². The number of aliphatic hydroxyl groups is 1. The standard InChI is InChI=1S/C16H24N2O2/c1-4-13(2)10-18(3)11-15(19)12-20-16-8-6-5-7-14(16)9-17/h5-8,13,15,19H,4,10-12H2,1-3H3. The maximum Gasteiger partial charge on any atom is 0.137 e. The highest BCUT2D eigenvalue weighted by molar-refractivity contribution is 5.42. The smallest absolute Gasteiger partial charge is 0.137 e. The molecule has 1 aromatic carbocycles. The molecule has 0 amide bonds. The summed E-state index contributed by atoms with van der Waals surface area (Å²) < 4.78 is 5.52. The van der Waals surface area contributed by atoms with Crippen molar-refractivity contribution in [1.29, 1.82) is 5.26 Å². The lowest BCUT2D eigenvalue weighted by atomic mass is 10.1. The molecule has 0 bridgehead atoms. The molecule has 0 saturated heterocycles. The van der Waals surface area contributed by atoms with Crippen LogP contribution in [0.1, 0.15) is 25.8 Å². The Morgan fingerprint density at radius 1 is 1.35 bits per heavy atom. The van der Waals surface area contributed by atoms with Crippen LogP contribution < -0.4 is 4.74 Å². The van der Waals surface area contributed by atoms with Crippen LogP contribution in [0.25, 0.3) is 0 Å². The summed E-state index contributed by atoms with van der Waals surface area (Å²) in [5.74, 6) is 1.14. The summed E-state index contributed by atoms with van der Waals surface area (Å²) >= 11 is 0. The van der Waals surface area contributed by atoms with E-state index in [-0.39, 0.29) is 6.61 Å². The molecule has 1 rings (SSSR count). The van der Waals surface area contributed by atoms with Gasteiger partial charge in [-0.05, 0) is 25.1 Å². The van der Waals surface area contributed by atoms with Crippen LogP contribution >= 0.6 is 0 Å². The molecule has 0 saturated carbocycles. The number of para-hydroxylation sites is 1. The molecule has 0 aliphatic heterocycles. The lowest BCUT2D eigenvalue weighted by molar-refractivity contribution is 0.0722. The number of benzene rings is 1. The normalized spacial score (nSPS) is 13.8. The minimum absolute atomic E-state index is 0.198. The first-order valence-corrected chi connectivity index (χ1v) is 7.05. The van der Waals surface area contributed by atoms with Crippen molar-refractivity contribution in [2.24, 2.45) is 5.92 Å². The van der Waals surface area contributed by atoms with E-state index in [1.54, 1.807) is 18.2 Å². The Kier molecular flexibility index (Phi) is 7.06. The molecular formula is C16H24N2O2. The third-order valence-electron chi connectivity index (χ3n) is 3.28. The van der Waals surface area contributed by atoms with E-state index in [4.69, 9.17) is 10.00 Å². The van der Waals surface area contributed by atoms with E-state index in [9.17, 15) is 5.11 Å². The first kappa shape index (κ1) is 16.5. The van der Waals surface area contributed by atoms with Gasteiger partial charge in [-0.2, -0.15) is 5.26 Å². The molecule has 1 N–H and O–H groups in total. The molecule has 20 heavy (non-hydrogen) atoms. The number of aliphatic hydroxyl groups excluding tert-OH is 1. The molecule has 0 aromatic heterocycles. The molecule has 0 heterocycles. The molecule has 0 radical (unpaired) electrons. The van der Waals surface area contributed by atoms with E-state index < -0.39 is 6.10 Å². The third kappa shape index (κ3) is 5.60. The molecular weight excluding hydrogens is 252 g/mol. The lowest BCUT2D eigenvalue weighted by Gasteiger charge is -2.23. The van der Waals surface area contributed by atoms with E-state index in [1.807, 2.05) is 13.1 Å². The SMILES string of the molecule is CCC(C)CN(C)CC(O)COc1ccccc1C#N. The van der Waals surface area contributed by atoms with Gasteiger partial charge in [0.1, 0.15) is 24.5 Å². The monoisotopic (exact) mass is 276 g/mol. The summed E-state index contributed by atoms with van der Waals surface area (Å²) in [4.78, 5) is 2.11. The summed E-state index contributed by atoms with van der Waals surface area (Å²) in [5, 5.41) is 18.9. The van der Waals surface area contributed by atoms with Crippen molar-refractivity contribution < 1.29 is 9.84 Å². The fraction of sp³-hybridized carbons (Fsp3) is 0.562. The zero-order valence-corrected chi connectivity index (χ0v) is 12.5. The molecule has 2 atom stereocenters. The number of hydrogen-bond donors (Lipinski definition) is 1. The van der Waals surface area contributed by atoms with Crippen LogP contribution in [0.3, 0.4) is 0 Å². The molecule has 0 aliphatic rings. The molecule has 4 heteroatoms. The van der Waals surface area contributed by atoms with Crippen molar-refractivity contribution in [2.45, 2.75) is 26.4 Å². The summed E-state index contributed by atoms with van der Waals surface area (Å²) in [6.07, 6.45) is 0.572. The molecule has 0 aliphatic carbocycles. The zero-order valence-electron chi connectivity index (χ0n) is 12.5. The molecule has 0 fully saturated rings. The van der Waals surface area contributed by atoms with E-state index in [2.05, 4.69) is 24.8 Å². The van der Waals surface area contributed by atoms with Crippen molar-refractivity contribution in [3.05, 3.63) is 29.8 Å². The third-order valence-corrected chi connectivity index (χ3v) is 3.28. The van der Waals surface area contributed by atoms with Gasteiger partial charge in [0, 0.05) is 13.1 Å². The Bertz CT molecular complexity index is 442. The summed E-state index contributed by atoms with van der Waals surface area (Å²) in [6.45, 7) is 6.09. The number of rotatable bonds is 8. The number of nitriles is 1. The number of ether oxygens (including phenoxy) is 1. The fourth-order valence-corrected chi connectivity index (χ4v) is 2.02. The highest BCUT2D eigenvalue weighted by atomic mass is 16.5. The second kappa shape index (κ2) is 8.57. The predicted octanol–water partition coefficient (Wildman–Crippen LogP) is 2.28. The first-order chi connectivity index (χ1) is 9.56. The van der Waals surface area contributed by atoms with Crippen LogP contribution in [0.5, 0.6) is 5.75 Å². The predicted molar refractivity (Wildman–Crippen MR) is 79.6 cm³/mol. The molecule has 110 valence electrons. The Hall–Kier alpha value is -1.57. The van der Waals surface area contributed by atoms with Gasteiger partial charge in [0.05, 0.1) is 5.56 Å². The van der Waals surface area contributed by atoms with Gasteiger partial charge in [-0.15, -0.1) is 0 Å². The first-order valence-electron chi connectivity index (χ1n) is 7.05. The molecule has 2 unspecified atom stereocenters. The topological polar surface area (TPSA) is 56.5 Å². The average Bonchev–Trinajstić information content (AvgIpc) is 2.45. The van der Waals surface area contributed by atoms with Crippen molar-refractivity contribution in [1.82, 2.24) is 4.90 Å². The summed E-state index contributed by atoms with van der Waals surface area (Å²) in [5.41, 5.74) is 0.493. The zero-order chi connectivity index (χ0) is 15.0. The van der Waals surface area contributed by atoms with Gasteiger partial charge in [0.15, 0.2) is 0 Å². The van der Waals surface area contributed by atoms with Crippen molar-refractivity contribution in [2.75, 3.05) is 26.7 Å². The van der Waals surface area contributed by atoms with E-state index in [0.29, 0.717) is 23.8 Å². The Morgan fingerprint density at radius 2 is 2.05 bits per heavy atom. The van der Waals surface area contributed by atoms with Gasteiger partial charge in [-0.3, -0.25) is 0 Å². The largest absolute Gasteiger partial charge is 0.489 e. The average molecular weight is 276 g/mol. The summed E-state index contributed by atoms with van der Waals surface area (Å²) in [7, 11) is 2.00. The van der Waals surface area contributed by atoms with Crippen molar-refractivity contribution in [3.8, 4) is 11.8 Å². The van der Waals surface area contributed by atoms with Gasteiger partial charge in [0.2, 0.25) is 0 Å².